The Morgan fingerprint density at radius 3 is 3.07 bits per heavy atom. The minimum atomic E-state index is 1.02. The van der Waals surface area contributed by atoms with E-state index in [1.54, 1.807) is 6.08 Å². The molecule has 0 spiro atoms. The van der Waals surface area contributed by atoms with Crippen LogP contribution in [0.1, 0.15) is 5.56 Å². The normalized spacial score (nSPS) is 10.6. The van der Waals surface area contributed by atoms with Gasteiger partial charge in [-0.15, -0.1) is 0 Å². The summed E-state index contributed by atoms with van der Waals surface area (Å²) in [7, 11) is 0. The summed E-state index contributed by atoms with van der Waals surface area (Å²) in [5, 5.41) is 4.46. The third kappa shape index (κ3) is 1.46. The molecule has 0 saturated heterocycles. The standard InChI is InChI=1S/C10H8N4/c11-14-13-6-5-8-7-12-10-4-2-1-3-9(8)10/h1-7,12H/b6-5-. The second-order valence-corrected chi connectivity index (χ2v) is 2.81. The highest BCUT2D eigenvalue weighted by Crippen LogP contribution is 2.18. The fraction of sp³-hybridized carbons (Fsp3) is 0. The van der Waals surface area contributed by atoms with E-state index >= 15 is 0 Å². The number of hydrogen-bond acceptors (Lipinski definition) is 1. The Morgan fingerprint density at radius 2 is 2.21 bits per heavy atom. The predicted molar refractivity (Wildman–Crippen MR) is 56.5 cm³/mol. The summed E-state index contributed by atoms with van der Waals surface area (Å²) in [5.74, 6) is 0. The summed E-state index contributed by atoms with van der Waals surface area (Å²) < 4.78 is 0. The zero-order chi connectivity index (χ0) is 9.80. The van der Waals surface area contributed by atoms with E-state index in [0.717, 1.165) is 16.5 Å². The largest absolute Gasteiger partial charge is 0.361 e. The molecule has 0 bridgehead atoms. The molecule has 1 N–H and O–H groups in total. The topological polar surface area (TPSA) is 64.6 Å². The average molecular weight is 184 g/mol. The lowest BCUT2D eigenvalue weighted by molar-refractivity contribution is 1.46. The lowest BCUT2D eigenvalue weighted by atomic mass is 10.2. The number of azide groups is 1. The van der Waals surface area contributed by atoms with Crippen LogP contribution < -0.4 is 0 Å². The molecule has 2 rings (SSSR count). The summed E-state index contributed by atoms with van der Waals surface area (Å²) in [6.45, 7) is 0. The molecule has 14 heavy (non-hydrogen) atoms. The summed E-state index contributed by atoms with van der Waals surface area (Å²) in [4.78, 5) is 5.77. The van der Waals surface area contributed by atoms with Crippen LogP contribution in [0.25, 0.3) is 27.4 Å². The SMILES string of the molecule is [N-]=[N+]=N/C=C\c1c[nH]c2ccccc12. The van der Waals surface area contributed by atoms with Crippen LogP contribution in [0.4, 0.5) is 0 Å². The number of nitrogens with one attached hydrogen (secondary N) is 1. The van der Waals surface area contributed by atoms with Crippen LogP contribution in [0.2, 0.25) is 0 Å². The van der Waals surface area contributed by atoms with Gasteiger partial charge in [0.2, 0.25) is 0 Å². The minimum absolute atomic E-state index is 1.02. The molecule has 68 valence electrons. The van der Waals surface area contributed by atoms with Crippen LogP contribution in [0.5, 0.6) is 0 Å². The molecule has 0 amide bonds. The average Bonchev–Trinajstić information content (AvgIpc) is 2.63. The van der Waals surface area contributed by atoms with E-state index in [9.17, 15) is 0 Å². The van der Waals surface area contributed by atoms with Gasteiger partial charge in [-0.1, -0.05) is 29.4 Å². The summed E-state index contributed by atoms with van der Waals surface area (Å²) in [5.41, 5.74) is 10.2. The lowest BCUT2D eigenvalue weighted by Gasteiger charge is -1.88. The van der Waals surface area contributed by atoms with Gasteiger partial charge < -0.3 is 4.98 Å². The number of benzene rings is 1. The van der Waals surface area contributed by atoms with Crippen LogP contribution in [-0.2, 0) is 0 Å². The second kappa shape index (κ2) is 3.68. The van der Waals surface area contributed by atoms with Crippen molar-refractivity contribution >= 4 is 17.0 Å². The number of para-hydroxylation sites is 1. The number of rotatable bonds is 2. The Morgan fingerprint density at radius 1 is 1.36 bits per heavy atom. The van der Waals surface area contributed by atoms with E-state index in [1.165, 1.54) is 6.20 Å². The Bertz CT molecular complexity index is 518. The van der Waals surface area contributed by atoms with E-state index in [0.29, 0.717) is 0 Å². The highest BCUT2D eigenvalue weighted by atomic mass is 15.1. The van der Waals surface area contributed by atoms with Crippen LogP contribution in [0.3, 0.4) is 0 Å². The molecule has 0 atom stereocenters. The van der Waals surface area contributed by atoms with Crippen molar-refractivity contribution in [1.82, 2.24) is 4.98 Å². The van der Waals surface area contributed by atoms with E-state index in [2.05, 4.69) is 15.0 Å². The van der Waals surface area contributed by atoms with Crippen molar-refractivity contribution in [3.8, 4) is 0 Å². The first-order valence-electron chi connectivity index (χ1n) is 4.18. The molecule has 1 heterocycles. The Hall–Kier alpha value is -2.19. The van der Waals surface area contributed by atoms with E-state index in [4.69, 9.17) is 5.53 Å². The highest BCUT2D eigenvalue weighted by Gasteiger charge is 1.97. The monoisotopic (exact) mass is 184 g/mol. The van der Waals surface area contributed by atoms with E-state index < -0.39 is 0 Å². The molecular weight excluding hydrogens is 176 g/mol. The summed E-state index contributed by atoms with van der Waals surface area (Å²) in [6, 6.07) is 7.96. The zero-order valence-corrected chi connectivity index (χ0v) is 7.38. The van der Waals surface area contributed by atoms with Crippen molar-refractivity contribution in [2.75, 3.05) is 0 Å². The van der Waals surface area contributed by atoms with Crippen molar-refractivity contribution in [3.63, 3.8) is 0 Å². The molecule has 0 aliphatic heterocycles. The van der Waals surface area contributed by atoms with Crippen molar-refractivity contribution in [3.05, 3.63) is 52.7 Å². The Kier molecular flexibility index (Phi) is 2.21. The van der Waals surface area contributed by atoms with Gasteiger partial charge in [0, 0.05) is 28.2 Å². The summed E-state index contributed by atoms with van der Waals surface area (Å²) >= 11 is 0. The first-order valence-corrected chi connectivity index (χ1v) is 4.18. The predicted octanol–water partition coefficient (Wildman–Crippen LogP) is 3.45. The third-order valence-corrected chi connectivity index (χ3v) is 1.99. The van der Waals surface area contributed by atoms with Gasteiger partial charge in [0.05, 0.1) is 0 Å². The third-order valence-electron chi connectivity index (χ3n) is 1.99. The van der Waals surface area contributed by atoms with Crippen LogP contribution >= 0.6 is 0 Å². The molecule has 2 aromatic rings. The maximum absolute atomic E-state index is 8.11. The van der Waals surface area contributed by atoms with Crippen molar-refractivity contribution in [2.24, 2.45) is 5.11 Å². The molecule has 0 unspecified atom stereocenters. The van der Waals surface area contributed by atoms with Crippen LogP contribution in [0.15, 0.2) is 41.8 Å². The van der Waals surface area contributed by atoms with Crippen molar-refractivity contribution in [1.29, 1.82) is 0 Å². The van der Waals surface area contributed by atoms with Crippen molar-refractivity contribution in [2.45, 2.75) is 0 Å². The molecular formula is C10H8N4. The van der Waals surface area contributed by atoms with E-state index in [-0.39, 0.29) is 0 Å². The first-order chi connectivity index (χ1) is 6.92. The van der Waals surface area contributed by atoms with Gasteiger partial charge in [-0.25, -0.2) is 0 Å². The quantitative estimate of drug-likeness (QED) is 0.422. The van der Waals surface area contributed by atoms with Gasteiger partial charge in [0.15, 0.2) is 0 Å². The van der Waals surface area contributed by atoms with E-state index in [1.807, 2.05) is 30.5 Å². The van der Waals surface area contributed by atoms with Gasteiger partial charge >= 0.3 is 0 Å². The molecule has 0 aliphatic rings. The van der Waals surface area contributed by atoms with Gasteiger partial charge in [-0.3, -0.25) is 0 Å². The summed E-state index contributed by atoms with van der Waals surface area (Å²) in [6.07, 6.45) is 5.10. The second-order valence-electron chi connectivity index (χ2n) is 2.81. The molecule has 0 saturated carbocycles. The van der Waals surface area contributed by atoms with Crippen LogP contribution in [0, 0.1) is 0 Å². The van der Waals surface area contributed by atoms with Gasteiger partial charge in [0.1, 0.15) is 0 Å². The van der Waals surface area contributed by atoms with Crippen molar-refractivity contribution < 1.29 is 0 Å². The molecule has 1 aromatic carbocycles. The zero-order valence-electron chi connectivity index (χ0n) is 7.38. The maximum atomic E-state index is 8.11. The maximum Gasteiger partial charge on any atom is 0.0460 e. The number of aromatic nitrogens is 1. The first kappa shape index (κ1) is 8.41. The minimum Gasteiger partial charge on any atom is -0.361 e. The number of hydrogen-bond donors (Lipinski definition) is 1. The molecule has 4 heteroatoms. The van der Waals surface area contributed by atoms with Crippen LogP contribution in [-0.4, -0.2) is 4.98 Å². The van der Waals surface area contributed by atoms with Gasteiger partial charge in [-0.2, -0.15) is 0 Å². The fourth-order valence-electron chi connectivity index (χ4n) is 1.38. The number of H-pyrrole nitrogens is 1. The molecule has 0 fully saturated rings. The Labute approximate surface area is 80.5 Å². The molecule has 0 radical (unpaired) electrons. The number of fused-ring (bicyclic) bond motifs is 1. The molecule has 4 nitrogen and oxygen atoms in total. The van der Waals surface area contributed by atoms with Gasteiger partial charge in [0.25, 0.3) is 0 Å². The highest BCUT2D eigenvalue weighted by molar-refractivity contribution is 5.88. The number of aromatic amines is 1. The molecule has 0 aliphatic carbocycles. The fourth-order valence-corrected chi connectivity index (χ4v) is 1.38. The lowest BCUT2D eigenvalue weighted by Crippen LogP contribution is -1.66. The number of nitrogens with zero attached hydrogens (tertiary/aromatic N) is 3. The van der Waals surface area contributed by atoms with Gasteiger partial charge in [-0.05, 0) is 17.2 Å². The molecule has 1 aromatic heterocycles. The smallest absolute Gasteiger partial charge is 0.0460 e. The Balaban J connectivity index is 2.48.